The molecule has 0 unspecified atom stereocenters. The highest BCUT2D eigenvalue weighted by Gasteiger charge is 2.42. The van der Waals surface area contributed by atoms with Gasteiger partial charge in [-0.05, 0) is 55.5 Å². The van der Waals surface area contributed by atoms with Gasteiger partial charge in [0.15, 0.2) is 5.11 Å². The van der Waals surface area contributed by atoms with Crippen molar-refractivity contribution in [2.45, 2.75) is 19.0 Å². The molecule has 1 fully saturated rings. The van der Waals surface area contributed by atoms with E-state index in [1.807, 2.05) is 64.2 Å². The number of hydrogen-bond acceptors (Lipinski definition) is 5. The molecule has 0 amide bonds. The average molecular weight is 407 g/mol. The van der Waals surface area contributed by atoms with E-state index in [9.17, 15) is 4.79 Å². The highest BCUT2D eigenvalue weighted by atomic mass is 32.1. The molecule has 1 saturated heterocycles. The summed E-state index contributed by atoms with van der Waals surface area (Å²) in [5, 5.41) is 3.83. The number of carbonyl (C=O) groups is 1. The lowest BCUT2D eigenvalue weighted by Gasteiger charge is -2.28. The van der Waals surface area contributed by atoms with Crippen LogP contribution in [0.3, 0.4) is 0 Å². The van der Waals surface area contributed by atoms with Gasteiger partial charge in [0.25, 0.3) is 0 Å². The first kappa shape index (κ1) is 19.1. The summed E-state index contributed by atoms with van der Waals surface area (Å²) in [6, 6.07) is 15.0. The van der Waals surface area contributed by atoms with Gasteiger partial charge in [0.2, 0.25) is 0 Å². The lowest BCUT2D eigenvalue weighted by Crippen LogP contribution is -2.36. The fourth-order valence-electron chi connectivity index (χ4n) is 3.58. The number of thiocarbonyl (C=S) groups is 1. The molecular weight excluding hydrogens is 386 g/mol. The Hall–Kier alpha value is -3.26. The number of nitrogens with zero attached hydrogens (tertiary/aromatic N) is 4. The number of hydrogen-bond donors (Lipinski definition) is 1. The highest BCUT2D eigenvalue weighted by Crippen LogP contribution is 2.39. The number of esters is 1. The lowest BCUT2D eigenvalue weighted by molar-refractivity contribution is -0.143. The van der Waals surface area contributed by atoms with Crippen molar-refractivity contribution < 1.29 is 9.53 Å². The Morgan fingerprint density at radius 1 is 1.14 bits per heavy atom. The van der Waals surface area contributed by atoms with E-state index in [1.54, 1.807) is 19.3 Å². The molecule has 8 heteroatoms. The minimum atomic E-state index is -0.320. The van der Waals surface area contributed by atoms with Crippen LogP contribution in [-0.4, -0.2) is 43.7 Å². The van der Waals surface area contributed by atoms with E-state index in [0.717, 1.165) is 17.2 Å². The monoisotopic (exact) mass is 407 g/mol. The molecule has 29 heavy (non-hydrogen) atoms. The summed E-state index contributed by atoms with van der Waals surface area (Å²) < 4.78 is 7.18. The van der Waals surface area contributed by atoms with Gasteiger partial charge in [0.05, 0.1) is 24.4 Å². The second-order valence-corrected chi connectivity index (χ2v) is 6.94. The Morgan fingerprint density at radius 3 is 2.62 bits per heavy atom. The molecule has 1 aliphatic rings. The van der Waals surface area contributed by atoms with Crippen molar-refractivity contribution in [2.24, 2.45) is 0 Å². The quantitative estimate of drug-likeness (QED) is 0.498. The van der Waals surface area contributed by atoms with E-state index in [4.69, 9.17) is 17.0 Å². The minimum absolute atomic E-state index is 0.0566. The van der Waals surface area contributed by atoms with Crippen LogP contribution in [0.25, 0.3) is 5.82 Å². The molecule has 4 heterocycles. The Kier molecular flexibility index (Phi) is 5.53. The van der Waals surface area contributed by atoms with Crippen LogP contribution in [0.1, 0.15) is 30.4 Å². The standard InChI is InChI=1S/C21H21N5O2S/c1-2-28-18(27)14-26-20(19(24-21(26)29)15-8-3-5-11-22-15)16-9-7-13-25(16)17-10-4-6-12-23-17/h3-13,19-20H,2,14H2,1H3,(H,24,29)/t19-,20-/m0/s1. The summed E-state index contributed by atoms with van der Waals surface area (Å²) in [7, 11) is 0. The summed E-state index contributed by atoms with van der Waals surface area (Å²) in [5.41, 5.74) is 1.80. The van der Waals surface area contributed by atoms with Gasteiger partial charge in [-0.25, -0.2) is 4.98 Å². The summed E-state index contributed by atoms with van der Waals surface area (Å²) >= 11 is 5.59. The van der Waals surface area contributed by atoms with E-state index >= 15 is 0 Å². The molecule has 148 valence electrons. The highest BCUT2D eigenvalue weighted by molar-refractivity contribution is 7.80. The van der Waals surface area contributed by atoms with Crippen LogP contribution in [0.4, 0.5) is 0 Å². The molecule has 2 atom stereocenters. The third kappa shape index (κ3) is 3.84. The SMILES string of the molecule is CCOC(=O)CN1C(=S)N[C@@H](c2ccccn2)[C@@H]1c1cccn1-c1ccccn1. The molecule has 7 nitrogen and oxygen atoms in total. The largest absolute Gasteiger partial charge is 0.465 e. The fraction of sp³-hybridized carbons (Fsp3) is 0.238. The first-order valence-electron chi connectivity index (χ1n) is 9.41. The molecule has 1 N–H and O–H groups in total. The first-order valence-corrected chi connectivity index (χ1v) is 9.82. The van der Waals surface area contributed by atoms with Gasteiger partial charge in [-0.1, -0.05) is 12.1 Å². The van der Waals surface area contributed by atoms with Gasteiger partial charge in [-0.2, -0.15) is 0 Å². The van der Waals surface area contributed by atoms with Crippen LogP contribution in [0.2, 0.25) is 0 Å². The van der Waals surface area contributed by atoms with Crippen LogP contribution in [0, 0.1) is 0 Å². The van der Waals surface area contributed by atoms with Crippen LogP contribution >= 0.6 is 12.2 Å². The van der Waals surface area contributed by atoms with Crippen molar-refractivity contribution in [3.8, 4) is 5.82 Å². The third-order valence-electron chi connectivity index (χ3n) is 4.78. The summed E-state index contributed by atoms with van der Waals surface area (Å²) in [4.78, 5) is 23.1. The van der Waals surface area contributed by atoms with E-state index < -0.39 is 0 Å². The van der Waals surface area contributed by atoms with Gasteiger partial charge in [-0.3, -0.25) is 9.78 Å². The van der Waals surface area contributed by atoms with Crippen molar-refractivity contribution in [1.29, 1.82) is 0 Å². The number of aromatic nitrogens is 3. The zero-order valence-electron chi connectivity index (χ0n) is 15.9. The summed E-state index contributed by atoms with van der Waals surface area (Å²) in [6.07, 6.45) is 5.46. The summed E-state index contributed by atoms with van der Waals surface area (Å²) in [5.74, 6) is 0.473. The molecule has 0 saturated carbocycles. The van der Waals surface area contributed by atoms with Gasteiger partial charge < -0.3 is 19.5 Å². The fourth-order valence-corrected chi connectivity index (χ4v) is 3.89. The van der Waals surface area contributed by atoms with Crippen LogP contribution in [0.5, 0.6) is 0 Å². The molecule has 0 aromatic carbocycles. The summed E-state index contributed by atoms with van der Waals surface area (Å²) in [6.45, 7) is 2.17. The van der Waals surface area contributed by atoms with Crippen LogP contribution < -0.4 is 5.32 Å². The number of rotatable bonds is 6. The van der Waals surface area contributed by atoms with Crippen molar-refractivity contribution in [3.05, 3.63) is 78.5 Å². The molecule has 0 bridgehead atoms. The molecule has 0 aliphatic carbocycles. The van der Waals surface area contributed by atoms with Crippen molar-refractivity contribution in [2.75, 3.05) is 13.2 Å². The molecule has 3 aromatic heterocycles. The molecule has 0 spiro atoms. The smallest absolute Gasteiger partial charge is 0.325 e. The van der Waals surface area contributed by atoms with Crippen molar-refractivity contribution >= 4 is 23.3 Å². The number of nitrogens with one attached hydrogen (secondary N) is 1. The second-order valence-electron chi connectivity index (χ2n) is 6.55. The maximum Gasteiger partial charge on any atom is 0.325 e. The molecular formula is C21H21N5O2S. The van der Waals surface area contributed by atoms with E-state index in [0.29, 0.717) is 11.7 Å². The Morgan fingerprint density at radius 2 is 1.93 bits per heavy atom. The molecule has 1 aliphatic heterocycles. The maximum absolute atomic E-state index is 12.3. The molecule has 3 aromatic rings. The average Bonchev–Trinajstić information content (AvgIpc) is 3.34. The predicted octanol–water partition coefficient (Wildman–Crippen LogP) is 2.80. The van der Waals surface area contributed by atoms with Crippen LogP contribution in [-0.2, 0) is 9.53 Å². The minimum Gasteiger partial charge on any atom is -0.465 e. The Labute approximate surface area is 174 Å². The lowest BCUT2D eigenvalue weighted by atomic mass is 10.0. The number of pyridine rings is 2. The van der Waals surface area contributed by atoms with E-state index in [2.05, 4.69) is 15.3 Å². The molecule has 0 radical (unpaired) electrons. The number of ether oxygens (including phenoxy) is 1. The van der Waals surface area contributed by atoms with Gasteiger partial charge >= 0.3 is 5.97 Å². The molecule has 4 rings (SSSR count). The van der Waals surface area contributed by atoms with Gasteiger partial charge in [0.1, 0.15) is 12.4 Å². The Balaban J connectivity index is 1.77. The zero-order valence-corrected chi connectivity index (χ0v) is 16.7. The maximum atomic E-state index is 12.3. The Bertz CT molecular complexity index is 993. The first-order chi connectivity index (χ1) is 14.2. The zero-order chi connectivity index (χ0) is 20.2. The normalized spacial score (nSPS) is 18.5. The topological polar surface area (TPSA) is 72.3 Å². The van der Waals surface area contributed by atoms with Gasteiger partial charge in [0, 0.05) is 24.3 Å². The number of carbonyl (C=O) groups excluding carboxylic acids is 1. The predicted molar refractivity (Wildman–Crippen MR) is 112 cm³/mol. The third-order valence-corrected chi connectivity index (χ3v) is 5.13. The van der Waals surface area contributed by atoms with Gasteiger partial charge in [-0.15, -0.1) is 0 Å². The van der Waals surface area contributed by atoms with E-state index in [-0.39, 0.29) is 24.6 Å². The van der Waals surface area contributed by atoms with Crippen molar-refractivity contribution in [3.63, 3.8) is 0 Å². The van der Waals surface area contributed by atoms with E-state index in [1.165, 1.54) is 0 Å². The van der Waals surface area contributed by atoms with Crippen LogP contribution in [0.15, 0.2) is 67.1 Å². The van der Waals surface area contributed by atoms with Crippen molar-refractivity contribution in [1.82, 2.24) is 24.8 Å². The second kappa shape index (κ2) is 8.40.